The monoisotopic (exact) mass is 279 g/mol. The van der Waals surface area contributed by atoms with Crippen LogP contribution in [0.5, 0.6) is 0 Å². The van der Waals surface area contributed by atoms with Crippen molar-refractivity contribution in [2.24, 2.45) is 5.92 Å². The lowest BCUT2D eigenvalue weighted by atomic mass is 9.84. The van der Waals surface area contributed by atoms with E-state index in [9.17, 15) is 0 Å². The third-order valence-corrected chi connectivity index (χ3v) is 4.49. The second kappa shape index (κ2) is 4.50. The fraction of sp³-hybridized carbons (Fsp3) is 0.571. The summed E-state index contributed by atoms with van der Waals surface area (Å²) in [5.74, 6) is 0.994. The van der Waals surface area contributed by atoms with E-state index >= 15 is 0 Å². The highest BCUT2D eigenvalue weighted by Crippen LogP contribution is 2.29. The summed E-state index contributed by atoms with van der Waals surface area (Å²) >= 11 is 3.57. The Bertz CT molecular complexity index is 384. The van der Waals surface area contributed by atoms with Gasteiger partial charge in [-0.05, 0) is 48.4 Å². The molecule has 0 radical (unpaired) electrons. The molecule has 16 heavy (non-hydrogen) atoms. The van der Waals surface area contributed by atoms with E-state index in [0.717, 1.165) is 12.5 Å². The third kappa shape index (κ3) is 2.18. The SMILES string of the molecule is Brc1ccc2c(c1)CN(CC1CCC1)CC2. The van der Waals surface area contributed by atoms with E-state index in [1.54, 1.807) is 5.56 Å². The molecule has 0 spiro atoms. The minimum absolute atomic E-state index is 0.994. The molecule has 1 aromatic carbocycles. The molecule has 0 N–H and O–H groups in total. The topological polar surface area (TPSA) is 3.24 Å². The Hall–Kier alpha value is -0.340. The van der Waals surface area contributed by atoms with Gasteiger partial charge in [-0.2, -0.15) is 0 Å². The molecule has 1 aliphatic heterocycles. The second-order valence-corrected chi connectivity index (χ2v) is 6.11. The van der Waals surface area contributed by atoms with Crippen LogP contribution in [-0.2, 0) is 13.0 Å². The summed E-state index contributed by atoms with van der Waals surface area (Å²) in [5.41, 5.74) is 3.08. The van der Waals surface area contributed by atoms with Crippen LogP contribution in [0.15, 0.2) is 22.7 Å². The summed E-state index contributed by atoms with van der Waals surface area (Å²) in [4.78, 5) is 2.64. The van der Waals surface area contributed by atoms with Crippen molar-refractivity contribution in [2.75, 3.05) is 13.1 Å². The van der Waals surface area contributed by atoms with Gasteiger partial charge in [-0.1, -0.05) is 28.4 Å². The van der Waals surface area contributed by atoms with E-state index < -0.39 is 0 Å². The maximum Gasteiger partial charge on any atom is 0.0237 e. The first-order chi connectivity index (χ1) is 7.81. The molecule has 0 bridgehead atoms. The van der Waals surface area contributed by atoms with Crippen molar-refractivity contribution >= 4 is 15.9 Å². The zero-order chi connectivity index (χ0) is 11.0. The van der Waals surface area contributed by atoms with E-state index in [0.29, 0.717) is 0 Å². The van der Waals surface area contributed by atoms with Gasteiger partial charge < -0.3 is 0 Å². The minimum Gasteiger partial charge on any atom is -0.298 e. The van der Waals surface area contributed by atoms with E-state index in [4.69, 9.17) is 0 Å². The number of benzene rings is 1. The lowest BCUT2D eigenvalue weighted by Crippen LogP contribution is -2.36. The Balaban J connectivity index is 1.69. The van der Waals surface area contributed by atoms with Gasteiger partial charge in [0.2, 0.25) is 0 Å². The number of halogens is 1. The molecule has 3 rings (SSSR count). The molecule has 0 amide bonds. The molecule has 0 atom stereocenters. The number of hydrogen-bond donors (Lipinski definition) is 0. The van der Waals surface area contributed by atoms with Gasteiger partial charge in [-0.25, -0.2) is 0 Å². The molecule has 1 nitrogen and oxygen atoms in total. The zero-order valence-corrected chi connectivity index (χ0v) is 11.2. The maximum absolute atomic E-state index is 3.57. The van der Waals surface area contributed by atoms with Crippen LogP contribution >= 0.6 is 15.9 Å². The van der Waals surface area contributed by atoms with Gasteiger partial charge in [0.05, 0.1) is 0 Å². The smallest absolute Gasteiger partial charge is 0.0237 e. The fourth-order valence-electron chi connectivity index (χ4n) is 2.78. The zero-order valence-electron chi connectivity index (χ0n) is 9.58. The minimum atomic E-state index is 0.994. The summed E-state index contributed by atoms with van der Waals surface area (Å²) in [6.07, 6.45) is 5.61. The third-order valence-electron chi connectivity index (χ3n) is 4.00. The Morgan fingerprint density at radius 3 is 2.88 bits per heavy atom. The van der Waals surface area contributed by atoms with E-state index in [-0.39, 0.29) is 0 Å². The van der Waals surface area contributed by atoms with Crippen LogP contribution in [0.25, 0.3) is 0 Å². The number of rotatable bonds is 2. The Morgan fingerprint density at radius 1 is 1.25 bits per heavy atom. The molecular formula is C14H18BrN. The van der Waals surface area contributed by atoms with Crippen molar-refractivity contribution in [2.45, 2.75) is 32.2 Å². The number of hydrogen-bond acceptors (Lipinski definition) is 1. The standard InChI is InChI=1S/C14H18BrN/c15-14-5-4-12-6-7-16(10-13(12)8-14)9-11-2-1-3-11/h4-5,8,11H,1-3,6-7,9-10H2. The number of fused-ring (bicyclic) bond motifs is 1. The van der Waals surface area contributed by atoms with Crippen LogP contribution in [0.3, 0.4) is 0 Å². The van der Waals surface area contributed by atoms with Gasteiger partial charge in [0.15, 0.2) is 0 Å². The molecule has 1 aromatic rings. The van der Waals surface area contributed by atoms with Gasteiger partial charge >= 0.3 is 0 Å². The molecule has 86 valence electrons. The highest BCUT2D eigenvalue weighted by molar-refractivity contribution is 9.10. The van der Waals surface area contributed by atoms with Crippen LogP contribution < -0.4 is 0 Å². The van der Waals surface area contributed by atoms with Crippen molar-refractivity contribution in [3.8, 4) is 0 Å². The largest absolute Gasteiger partial charge is 0.298 e. The molecular weight excluding hydrogens is 262 g/mol. The van der Waals surface area contributed by atoms with Crippen LogP contribution in [0.4, 0.5) is 0 Å². The molecule has 0 aromatic heterocycles. The van der Waals surface area contributed by atoms with Crippen LogP contribution in [0, 0.1) is 5.92 Å². The highest BCUT2D eigenvalue weighted by Gasteiger charge is 2.23. The molecule has 1 fully saturated rings. The summed E-state index contributed by atoms with van der Waals surface area (Å²) in [5, 5.41) is 0. The lowest BCUT2D eigenvalue weighted by Gasteiger charge is -2.35. The first-order valence-electron chi connectivity index (χ1n) is 6.31. The summed E-state index contributed by atoms with van der Waals surface area (Å²) in [6.45, 7) is 3.74. The number of nitrogens with zero attached hydrogens (tertiary/aromatic N) is 1. The van der Waals surface area contributed by atoms with Gasteiger partial charge in [-0.3, -0.25) is 4.90 Å². The predicted octanol–water partition coefficient (Wildman–Crippen LogP) is 3.61. The molecule has 0 unspecified atom stereocenters. The molecule has 1 heterocycles. The maximum atomic E-state index is 3.57. The van der Waals surface area contributed by atoms with Crippen LogP contribution in [0.1, 0.15) is 30.4 Å². The van der Waals surface area contributed by atoms with E-state index in [2.05, 4.69) is 39.0 Å². The van der Waals surface area contributed by atoms with Crippen molar-refractivity contribution in [3.05, 3.63) is 33.8 Å². The van der Waals surface area contributed by atoms with E-state index in [1.807, 2.05) is 0 Å². The first-order valence-corrected chi connectivity index (χ1v) is 7.10. The highest BCUT2D eigenvalue weighted by atomic mass is 79.9. The van der Waals surface area contributed by atoms with Crippen molar-refractivity contribution in [1.29, 1.82) is 0 Å². The van der Waals surface area contributed by atoms with Gasteiger partial charge in [0.1, 0.15) is 0 Å². The average Bonchev–Trinajstić information content (AvgIpc) is 2.23. The first kappa shape index (κ1) is 10.8. The van der Waals surface area contributed by atoms with Crippen molar-refractivity contribution in [1.82, 2.24) is 4.90 Å². The van der Waals surface area contributed by atoms with Gasteiger partial charge in [-0.15, -0.1) is 0 Å². The van der Waals surface area contributed by atoms with Gasteiger partial charge in [0.25, 0.3) is 0 Å². The Morgan fingerprint density at radius 2 is 2.12 bits per heavy atom. The molecule has 1 aliphatic carbocycles. The quantitative estimate of drug-likeness (QED) is 0.800. The van der Waals surface area contributed by atoms with Crippen molar-refractivity contribution in [3.63, 3.8) is 0 Å². The summed E-state index contributed by atoms with van der Waals surface area (Å²) < 4.78 is 1.22. The average molecular weight is 280 g/mol. The fourth-order valence-corrected chi connectivity index (χ4v) is 3.19. The second-order valence-electron chi connectivity index (χ2n) is 5.20. The predicted molar refractivity (Wildman–Crippen MR) is 70.5 cm³/mol. The normalized spacial score (nSPS) is 21.6. The van der Waals surface area contributed by atoms with E-state index in [1.165, 1.54) is 48.8 Å². The molecule has 0 saturated heterocycles. The van der Waals surface area contributed by atoms with Crippen LogP contribution in [-0.4, -0.2) is 18.0 Å². The lowest BCUT2D eigenvalue weighted by molar-refractivity contribution is 0.166. The van der Waals surface area contributed by atoms with Crippen LogP contribution in [0.2, 0.25) is 0 Å². The summed E-state index contributed by atoms with van der Waals surface area (Å²) in [6, 6.07) is 6.74. The summed E-state index contributed by atoms with van der Waals surface area (Å²) in [7, 11) is 0. The van der Waals surface area contributed by atoms with Gasteiger partial charge in [0, 0.05) is 24.1 Å². The molecule has 2 aliphatic rings. The van der Waals surface area contributed by atoms with Crippen molar-refractivity contribution < 1.29 is 0 Å². The Kier molecular flexibility index (Phi) is 3.03. The molecule has 2 heteroatoms. The Labute approximate surface area is 106 Å². The molecule has 1 saturated carbocycles.